The number of carbonyl (C=O) groups excluding carboxylic acids is 2. The van der Waals surface area contributed by atoms with E-state index in [1.807, 2.05) is 26.0 Å². The SMILES string of the molecule is C=C/C(C=O)=C(\C(=C)C)C(=O)c1cccc(C)c1C. The predicted octanol–water partition coefficient (Wildman–Crippen LogP) is 3.74. The van der Waals surface area contributed by atoms with Gasteiger partial charge in [-0.3, -0.25) is 9.59 Å². The number of carbonyl (C=O) groups is 2. The zero-order valence-corrected chi connectivity index (χ0v) is 11.6. The molecule has 0 saturated heterocycles. The quantitative estimate of drug-likeness (QED) is 0.347. The van der Waals surface area contributed by atoms with Crippen molar-refractivity contribution >= 4 is 12.1 Å². The molecule has 0 heterocycles. The average Bonchev–Trinajstić information content (AvgIpc) is 2.37. The molecule has 1 aromatic rings. The van der Waals surface area contributed by atoms with Gasteiger partial charge in [-0.15, -0.1) is 0 Å². The Bertz CT molecular complexity index is 579. The molecule has 1 aromatic carbocycles. The van der Waals surface area contributed by atoms with E-state index in [9.17, 15) is 9.59 Å². The summed E-state index contributed by atoms with van der Waals surface area (Å²) >= 11 is 0. The van der Waals surface area contributed by atoms with Crippen LogP contribution in [0.25, 0.3) is 0 Å². The molecule has 0 fully saturated rings. The molecule has 0 spiro atoms. The van der Waals surface area contributed by atoms with Crippen molar-refractivity contribution in [2.24, 2.45) is 0 Å². The van der Waals surface area contributed by atoms with Crippen LogP contribution in [0.1, 0.15) is 28.4 Å². The monoisotopic (exact) mass is 254 g/mol. The summed E-state index contributed by atoms with van der Waals surface area (Å²) < 4.78 is 0. The summed E-state index contributed by atoms with van der Waals surface area (Å²) in [5, 5.41) is 0. The number of aldehydes is 1. The van der Waals surface area contributed by atoms with Crippen LogP contribution in [0, 0.1) is 13.8 Å². The van der Waals surface area contributed by atoms with Gasteiger partial charge in [0.2, 0.25) is 0 Å². The van der Waals surface area contributed by atoms with Gasteiger partial charge in [0.15, 0.2) is 12.1 Å². The zero-order valence-electron chi connectivity index (χ0n) is 11.6. The largest absolute Gasteiger partial charge is 0.298 e. The Morgan fingerprint density at radius 2 is 1.89 bits per heavy atom. The molecular weight excluding hydrogens is 236 g/mol. The van der Waals surface area contributed by atoms with Crippen molar-refractivity contribution in [3.8, 4) is 0 Å². The summed E-state index contributed by atoms with van der Waals surface area (Å²) in [6.07, 6.45) is 2.03. The molecule has 0 atom stereocenters. The van der Waals surface area contributed by atoms with Crippen molar-refractivity contribution in [1.82, 2.24) is 0 Å². The maximum absolute atomic E-state index is 12.6. The van der Waals surface area contributed by atoms with Gasteiger partial charge in [0.25, 0.3) is 0 Å². The molecular formula is C17H18O2. The van der Waals surface area contributed by atoms with Crippen molar-refractivity contribution in [2.45, 2.75) is 20.8 Å². The van der Waals surface area contributed by atoms with Crippen molar-refractivity contribution in [3.05, 3.63) is 70.8 Å². The number of rotatable bonds is 5. The molecule has 0 unspecified atom stereocenters. The number of hydrogen-bond acceptors (Lipinski definition) is 2. The summed E-state index contributed by atoms with van der Waals surface area (Å²) in [7, 11) is 0. The fourth-order valence-electron chi connectivity index (χ4n) is 1.91. The molecule has 98 valence electrons. The summed E-state index contributed by atoms with van der Waals surface area (Å²) in [6, 6.07) is 5.55. The van der Waals surface area contributed by atoms with Crippen LogP contribution in [0.5, 0.6) is 0 Å². The molecule has 0 radical (unpaired) electrons. The summed E-state index contributed by atoms with van der Waals surface area (Å²) in [6.45, 7) is 12.9. The highest BCUT2D eigenvalue weighted by Gasteiger charge is 2.18. The van der Waals surface area contributed by atoms with Crippen LogP contribution < -0.4 is 0 Å². The lowest BCUT2D eigenvalue weighted by atomic mass is 9.90. The van der Waals surface area contributed by atoms with Crippen LogP contribution in [0.15, 0.2) is 54.2 Å². The highest BCUT2D eigenvalue weighted by Crippen LogP contribution is 2.22. The van der Waals surface area contributed by atoms with Crippen molar-refractivity contribution in [3.63, 3.8) is 0 Å². The number of Topliss-reactive ketones (excluding diaryl/α,β-unsaturated/α-hetero) is 1. The van der Waals surface area contributed by atoms with E-state index in [1.54, 1.807) is 13.0 Å². The normalized spacial score (nSPS) is 11.5. The first-order valence-electron chi connectivity index (χ1n) is 6.02. The predicted molar refractivity (Wildman–Crippen MR) is 78.3 cm³/mol. The fourth-order valence-corrected chi connectivity index (χ4v) is 1.91. The minimum atomic E-state index is -0.185. The second-order valence-electron chi connectivity index (χ2n) is 4.51. The van der Waals surface area contributed by atoms with Crippen LogP contribution >= 0.6 is 0 Å². The first-order valence-corrected chi connectivity index (χ1v) is 6.02. The minimum Gasteiger partial charge on any atom is -0.298 e. The lowest BCUT2D eigenvalue weighted by Crippen LogP contribution is -2.10. The second kappa shape index (κ2) is 6.10. The van der Waals surface area contributed by atoms with Crippen LogP contribution in [0.4, 0.5) is 0 Å². The van der Waals surface area contributed by atoms with Crippen molar-refractivity contribution < 1.29 is 9.59 Å². The van der Waals surface area contributed by atoms with Gasteiger partial charge >= 0.3 is 0 Å². The van der Waals surface area contributed by atoms with Gasteiger partial charge in [0.1, 0.15) is 0 Å². The second-order valence-corrected chi connectivity index (χ2v) is 4.51. The number of allylic oxidation sites excluding steroid dienone is 4. The number of benzene rings is 1. The molecule has 1 rings (SSSR count). The van der Waals surface area contributed by atoms with Gasteiger partial charge < -0.3 is 0 Å². The molecule has 0 aromatic heterocycles. The van der Waals surface area contributed by atoms with E-state index in [0.29, 0.717) is 23.0 Å². The lowest BCUT2D eigenvalue weighted by Gasteiger charge is -2.12. The molecule has 0 bridgehead atoms. The third kappa shape index (κ3) is 2.97. The van der Waals surface area contributed by atoms with Crippen LogP contribution in [0.2, 0.25) is 0 Å². The highest BCUT2D eigenvalue weighted by molar-refractivity contribution is 6.15. The molecule has 2 nitrogen and oxygen atoms in total. The highest BCUT2D eigenvalue weighted by atomic mass is 16.1. The van der Waals surface area contributed by atoms with E-state index in [0.717, 1.165) is 11.1 Å². The Labute approximate surface area is 114 Å². The molecule has 0 aliphatic heterocycles. The topological polar surface area (TPSA) is 34.1 Å². The van der Waals surface area contributed by atoms with Crippen LogP contribution in [-0.2, 0) is 4.79 Å². The van der Waals surface area contributed by atoms with Crippen LogP contribution in [0.3, 0.4) is 0 Å². The van der Waals surface area contributed by atoms with E-state index in [2.05, 4.69) is 13.2 Å². The van der Waals surface area contributed by atoms with E-state index in [1.165, 1.54) is 6.08 Å². The van der Waals surface area contributed by atoms with Gasteiger partial charge in [-0.2, -0.15) is 0 Å². The summed E-state index contributed by atoms with van der Waals surface area (Å²) in [5.41, 5.74) is 3.72. The fraction of sp³-hybridized carbons (Fsp3) is 0.176. The zero-order chi connectivity index (χ0) is 14.6. The number of hydrogen-bond donors (Lipinski definition) is 0. The third-order valence-electron chi connectivity index (χ3n) is 3.14. The van der Waals surface area contributed by atoms with E-state index < -0.39 is 0 Å². The Balaban J connectivity index is 3.50. The Kier molecular flexibility index (Phi) is 4.76. The standard InChI is InChI=1S/C17H18O2/c1-6-14(10-18)16(11(2)3)17(19)15-9-7-8-12(4)13(15)5/h6-10H,1-2H2,3-5H3/b16-14-. The van der Waals surface area contributed by atoms with Crippen molar-refractivity contribution in [2.75, 3.05) is 0 Å². The van der Waals surface area contributed by atoms with Gasteiger partial charge in [-0.1, -0.05) is 37.4 Å². The van der Waals surface area contributed by atoms with Gasteiger partial charge in [0.05, 0.1) is 0 Å². The van der Waals surface area contributed by atoms with Gasteiger partial charge in [-0.25, -0.2) is 0 Å². The Morgan fingerprint density at radius 3 is 2.37 bits per heavy atom. The van der Waals surface area contributed by atoms with E-state index in [-0.39, 0.29) is 11.4 Å². The average molecular weight is 254 g/mol. The minimum absolute atomic E-state index is 0.185. The molecule has 0 amide bonds. The van der Waals surface area contributed by atoms with E-state index >= 15 is 0 Å². The smallest absolute Gasteiger partial charge is 0.194 e. The molecule has 0 saturated carbocycles. The third-order valence-corrected chi connectivity index (χ3v) is 3.14. The molecule has 19 heavy (non-hydrogen) atoms. The van der Waals surface area contributed by atoms with Gasteiger partial charge in [0, 0.05) is 16.7 Å². The number of aryl methyl sites for hydroxylation is 1. The summed E-state index contributed by atoms with van der Waals surface area (Å²) in [5.74, 6) is -0.185. The molecule has 0 aliphatic carbocycles. The summed E-state index contributed by atoms with van der Waals surface area (Å²) in [4.78, 5) is 23.6. The first-order chi connectivity index (χ1) is 8.93. The van der Waals surface area contributed by atoms with Gasteiger partial charge in [-0.05, 0) is 37.5 Å². The first kappa shape index (κ1) is 14.8. The molecule has 2 heteroatoms. The number of ketones is 1. The van der Waals surface area contributed by atoms with Crippen LogP contribution in [-0.4, -0.2) is 12.1 Å². The van der Waals surface area contributed by atoms with E-state index in [4.69, 9.17) is 0 Å². The lowest BCUT2D eigenvalue weighted by molar-refractivity contribution is -0.104. The Morgan fingerprint density at radius 1 is 1.26 bits per heavy atom. The Hall–Kier alpha value is -2.22. The molecule has 0 N–H and O–H groups in total. The van der Waals surface area contributed by atoms with Crippen molar-refractivity contribution in [1.29, 1.82) is 0 Å². The maximum atomic E-state index is 12.6. The molecule has 0 aliphatic rings. The maximum Gasteiger partial charge on any atom is 0.194 e.